The van der Waals surface area contributed by atoms with Gasteiger partial charge in [-0.25, -0.2) is 0 Å². The predicted octanol–water partition coefficient (Wildman–Crippen LogP) is 6.39. The van der Waals surface area contributed by atoms with Gasteiger partial charge in [-0.2, -0.15) is 0 Å². The van der Waals surface area contributed by atoms with Crippen molar-refractivity contribution < 1.29 is 0 Å². The second-order valence-electron chi connectivity index (χ2n) is 8.63. The third-order valence-corrected chi connectivity index (χ3v) is 5.31. The van der Waals surface area contributed by atoms with Crippen molar-refractivity contribution in [3.63, 3.8) is 0 Å². The molecular formula is C18H35B. The summed E-state index contributed by atoms with van der Waals surface area (Å²) >= 11 is 0. The second kappa shape index (κ2) is 6.50. The van der Waals surface area contributed by atoms with Gasteiger partial charge in [0.2, 0.25) is 0 Å². The number of hydrogen-bond donors (Lipinski definition) is 0. The average Bonchev–Trinajstić information content (AvgIpc) is 2.28. The lowest BCUT2D eigenvalue weighted by molar-refractivity contribution is 0.435. The average molecular weight is 262 g/mol. The van der Waals surface area contributed by atoms with Crippen LogP contribution in [0.4, 0.5) is 0 Å². The summed E-state index contributed by atoms with van der Waals surface area (Å²) in [6.45, 7) is 17.4. The van der Waals surface area contributed by atoms with Crippen LogP contribution in [0.2, 0.25) is 11.1 Å². The Balaban J connectivity index is 2.93. The van der Waals surface area contributed by atoms with Gasteiger partial charge in [-0.3, -0.25) is 0 Å². The summed E-state index contributed by atoms with van der Waals surface area (Å²) in [5.41, 5.74) is 0.306. The van der Waals surface area contributed by atoms with Gasteiger partial charge in [0.25, 0.3) is 0 Å². The fourth-order valence-electron chi connectivity index (χ4n) is 3.28. The van der Waals surface area contributed by atoms with Gasteiger partial charge in [-0.15, -0.1) is 5.98 Å². The normalized spacial score (nSPS) is 19.4. The van der Waals surface area contributed by atoms with Crippen molar-refractivity contribution >= 4 is 6.71 Å². The molecule has 1 heteroatoms. The van der Waals surface area contributed by atoms with Crippen molar-refractivity contribution in [1.82, 2.24) is 0 Å². The Kier molecular flexibility index (Phi) is 5.77. The van der Waals surface area contributed by atoms with E-state index < -0.39 is 0 Å². The first-order valence-electron chi connectivity index (χ1n) is 8.34. The minimum Gasteiger partial charge on any atom is -0.118 e. The van der Waals surface area contributed by atoms with Crippen LogP contribution in [0.25, 0.3) is 0 Å². The SMILES string of the molecule is CC(C)C(C)(C)B(C=CC(C)(C)C)C1CCCCC1. The molecule has 19 heavy (non-hydrogen) atoms. The van der Waals surface area contributed by atoms with Crippen LogP contribution in [-0.2, 0) is 0 Å². The highest BCUT2D eigenvalue weighted by Crippen LogP contribution is 2.47. The maximum absolute atomic E-state index is 2.57. The molecule has 0 saturated heterocycles. The Morgan fingerprint density at radius 1 is 0.947 bits per heavy atom. The van der Waals surface area contributed by atoms with Gasteiger partial charge in [0, 0.05) is 0 Å². The van der Waals surface area contributed by atoms with E-state index in [0.29, 0.717) is 10.7 Å². The van der Waals surface area contributed by atoms with E-state index in [9.17, 15) is 0 Å². The van der Waals surface area contributed by atoms with Crippen LogP contribution in [0, 0.1) is 11.3 Å². The van der Waals surface area contributed by atoms with Gasteiger partial charge >= 0.3 is 0 Å². The van der Waals surface area contributed by atoms with Gasteiger partial charge in [-0.05, 0) is 16.6 Å². The van der Waals surface area contributed by atoms with Crippen LogP contribution >= 0.6 is 0 Å². The summed E-state index contributed by atoms with van der Waals surface area (Å²) in [7, 11) is 0. The van der Waals surface area contributed by atoms with Crippen LogP contribution in [0.1, 0.15) is 80.6 Å². The largest absolute Gasteiger partial charge is 0.175 e. The third-order valence-electron chi connectivity index (χ3n) is 5.31. The molecule has 0 amide bonds. The number of allylic oxidation sites excluding steroid dienone is 1. The molecule has 0 aromatic carbocycles. The first-order chi connectivity index (χ1) is 8.64. The molecule has 0 bridgehead atoms. The van der Waals surface area contributed by atoms with Gasteiger partial charge in [0.15, 0.2) is 6.71 Å². The molecule has 1 aliphatic carbocycles. The third kappa shape index (κ3) is 5.01. The molecule has 0 aromatic heterocycles. The molecule has 0 spiro atoms. The predicted molar refractivity (Wildman–Crippen MR) is 90.1 cm³/mol. The quantitative estimate of drug-likeness (QED) is 0.515. The first-order valence-corrected chi connectivity index (χ1v) is 8.34. The van der Waals surface area contributed by atoms with Crippen LogP contribution in [-0.4, -0.2) is 6.71 Å². The summed E-state index contributed by atoms with van der Waals surface area (Å²) in [4.78, 5) is 0. The van der Waals surface area contributed by atoms with Gasteiger partial charge < -0.3 is 0 Å². The maximum atomic E-state index is 2.57. The first kappa shape index (κ1) is 16.9. The van der Waals surface area contributed by atoms with Crippen LogP contribution < -0.4 is 0 Å². The lowest BCUT2D eigenvalue weighted by Crippen LogP contribution is -2.36. The molecule has 0 aliphatic heterocycles. The molecule has 1 fully saturated rings. The van der Waals surface area contributed by atoms with E-state index in [0.717, 1.165) is 18.4 Å². The van der Waals surface area contributed by atoms with Crippen LogP contribution in [0.5, 0.6) is 0 Å². The minimum absolute atomic E-state index is 0.306. The Labute approximate surface area is 122 Å². The molecule has 0 unspecified atom stereocenters. The standard InChI is InChI=1S/C18H35B/c1-15(2)18(6,7)19(14-13-17(3,4)5)16-11-9-8-10-12-16/h13-16H,8-12H2,1-7H3. The summed E-state index contributed by atoms with van der Waals surface area (Å²) in [5.74, 6) is 4.21. The van der Waals surface area contributed by atoms with Gasteiger partial charge in [0.1, 0.15) is 0 Å². The van der Waals surface area contributed by atoms with Crippen molar-refractivity contribution in [3.05, 3.63) is 12.1 Å². The van der Waals surface area contributed by atoms with Crippen molar-refractivity contribution in [2.45, 2.75) is 91.7 Å². The van der Waals surface area contributed by atoms with E-state index in [-0.39, 0.29) is 0 Å². The molecule has 0 N–H and O–H groups in total. The van der Waals surface area contributed by atoms with Crippen molar-refractivity contribution in [3.8, 4) is 0 Å². The lowest BCUT2D eigenvalue weighted by Gasteiger charge is -2.40. The van der Waals surface area contributed by atoms with Crippen LogP contribution in [0.15, 0.2) is 12.1 Å². The summed E-state index contributed by atoms with van der Waals surface area (Å²) in [5, 5.41) is 0.407. The van der Waals surface area contributed by atoms with Gasteiger partial charge in [0.05, 0.1) is 0 Å². The molecule has 1 rings (SSSR count). The topological polar surface area (TPSA) is 0 Å². The monoisotopic (exact) mass is 262 g/mol. The zero-order valence-corrected chi connectivity index (χ0v) is 14.4. The molecular weight excluding hydrogens is 227 g/mol. The van der Waals surface area contributed by atoms with E-state index in [4.69, 9.17) is 0 Å². The van der Waals surface area contributed by atoms with Crippen LogP contribution in [0.3, 0.4) is 0 Å². The summed E-state index contributed by atoms with van der Waals surface area (Å²) < 4.78 is 0. The molecule has 0 aromatic rings. The Hall–Kier alpha value is -0.195. The highest BCUT2D eigenvalue weighted by molar-refractivity contribution is 6.69. The highest BCUT2D eigenvalue weighted by atomic mass is 14.3. The van der Waals surface area contributed by atoms with E-state index in [2.05, 4.69) is 60.5 Å². The number of rotatable bonds is 4. The molecule has 0 heterocycles. The summed E-state index contributed by atoms with van der Waals surface area (Å²) in [6.07, 6.45) is 9.67. The molecule has 0 atom stereocenters. The lowest BCUT2D eigenvalue weighted by atomic mass is 9.25. The zero-order valence-electron chi connectivity index (χ0n) is 14.4. The Morgan fingerprint density at radius 3 is 1.89 bits per heavy atom. The zero-order chi connectivity index (χ0) is 14.7. The van der Waals surface area contributed by atoms with Crippen molar-refractivity contribution in [2.24, 2.45) is 11.3 Å². The highest BCUT2D eigenvalue weighted by Gasteiger charge is 2.39. The van der Waals surface area contributed by atoms with E-state index >= 15 is 0 Å². The smallest absolute Gasteiger partial charge is 0.118 e. The van der Waals surface area contributed by atoms with Gasteiger partial charge in [-0.1, -0.05) is 92.5 Å². The summed E-state index contributed by atoms with van der Waals surface area (Å²) in [6, 6.07) is 0. The second-order valence-corrected chi connectivity index (χ2v) is 8.63. The molecule has 1 aliphatic rings. The van der Waals surface area contributed by atoms with E-state index in [1.165, 1.54) is 32.1 Å². The number of hydrogen-bond acceptors (Lipinski definition) is 0. The van der Waals surface area contributed by atoms with E-state index in [1.54, 1.807) is 0 Å². The van der Waals surface area contributed by atoms with Crippen molar-refractivity contribution in [2.75, 3.05) is 0 Å². The maximum Gasteiger partial charge on any atom is 0.175 e. The molecule has 0 nitrogen and oxygen atoms in total. The van der Waals surface area contributed by atoms with Crippen molar-refractivity contribution in [1.29, 1.82) is 0 Å². The fraction of sp³-hybridized carbons (Fsp3) is 0.889. The fourth-order valence-corrected chi connectivity index (χ4v) is 3.28. The Morgan fingerprint density at radius 2 is 1.47 bits per heavy atom. The van der Waals surface area contributed by atoms with E-state index in [1.807, 2.05) is 0 Å². The molecule has 1 saturated carbocycles. The minimum atomic E-state index is 0.306. The molecule has 110 valence electrons. The molecule has 0 radical (unpaired) electrons. The Bertz CT molecular complexity index is 287.